The summed E-state index contributed by atoms with van der Waals surface area (Å²) >= 11 is 0. The first-order valence-corrected chi connectivity index (χ1v) is 10.5. The van der Waals surface area contributed by atoms with Crippen LogP contribution in [0.3, 0.4) is 0 Å². The zero-order valence-electron chi connectivity index (χ0n) is 15.3. The molecule has 3 rings (SSSR count). The van der Waals surface area contributed by atoms with Crippen LogP contribution in [0.15, 0.2) is 66.1 Å². The molecule has 2 aromatic rings. The molecule has 150 valence electrons. The summed E-state index contributed by atoms with van der Waals surface area (Å²) in [6.45, 7) is 4.50. The zero-order valence-corrected chi connectivity index (χ0v) is 16.1. The number of sulfone groups is 1. The molecule has 0 radical (unpaired) electrons. The van der Waals surface area contributed by atoms with Crippen LogP contribution >= 0.6 is 0 Å². The number of hydrogen-bond acceptors (Lipinski definition) is 4. The number of benzene rings is 2. The Labute approximate surface area is 163 Å². The summed E-state index contributed by atoms with van der Waals surface area (Å²) in [6, 6.07) is 10.7. The minimum atomic E-state index is -4.10. The normalized spacial score (nSPS) is 17.4. The van der Waals surface area contributed by atoms with Crippen molar-refractivity contribution in [3.63, 3.8) is 0 Å². The molecule has 0 spiro atoms. The fourth-order valence-electron chi connectivity index (χ4n) is 3.57. The largest absolute Gasteiger partial charge is 0.350 e. The fourth-order valence-corrected chi connectivity index (χ4v) is 5.70. The maximum absolute atomic E-state index is 14.8. The number of ether oxygens (including phenoxy) is 2. The summed E-state index contributed by atoms with van der Waals surface area (Å²) in [5.41, 5.74) is -0.214. The van der Waals surface area contributed by atoms with E-state index in [9.17, 15) is 17.2 Å². The molecule has 0 N–H and O–H groups in total. The SMILES string of the molecule is C=CCC(CCC1OCCO1)(c1cc(F)ccc1F)S(=O)(=O)c1ccccc1. The van der Waals surface area contributed by atoms with Crippen molar-refractivity contribution in [2.45, 2.75) is 35.2 Å². The van der Waals surface area contributed by atoms with Gasteiger partial charge in [0, 0.05) is 12.0 Å². The second-order valence-electron chi connectivity index (χ2n) is 6.64. The predicted octanol–water partition coefficient (Wildman–Crippen LogP) is 4.36. The maximum atomic E-state index is 14.8. The molecule has 1 saturated heterocycles. The lowest BCUT2D eigenvalue weighted by Crippen LogP contribution is -2.38. The molecule has 0 saturated carbocycles. The molecule has 2 aromatic carbocycles. The summed E-state index contributed by atoms with van der Waals surface area (Å²) in [5.74, 6) is -1.49. The second kappa shape index (κ2) is 8.51. The van der Waals surface area contributed by atoms with Gasteiger partial charge in [-0.2, -0.15) is 0 Å². The number of hydrogen-bond donors (Lipinski definition) is 0. The minimum Gasteiger partial charge on any atom is -0.350 e. The Morgan fingerprint density at radius 1 is 1.11 bits per heavy atom. The van der Waals surface area contributed by atoms with Gasteiger partial charge in [0.25, 0.3) is 0 Å². The molecular formula is C21H22F2O4S. The van der Waals surface area contributed by atoms with Crippen molar-refractivity contribution in [1.82, 2.24) is 0 Å². The van der Waals surface area contributed by atoms with E-state index < -0.39 is 32.5 Å². The number of halogens is 2. The van der Waals surface area contributed by atoms with Gasteiger partial charge in [-0.05, 0) is 43.2 Å². The van der Waals surface area contributed by atoms with Gasteiger partial charge < -0.3 is 9.47 Å². The van der Waals surface area contributed by atoms with Crippen molar-refractivity contribution in [1.29, 1.82) is 0 Å². The van der Waals surface area contributed by atoms with E-state index in [-0.39, 0.29) is 29.7 Å². The van der Waals surface area contributed by atoms with E-state index in [2.05, 4.69) is 6.58 Å². The van der Waals surface area contributed by atoms with Crippen LogP contribution in [0.5, 0.6) is 0 Å². The van der Waals surface area contributed by atoms with E-state index in [1.54, 1.807) is 18.2 Å². The molecule has 1 atom stereocenters. The van der Waals surface area contributed by atoms with Crippen LogP contribution in [0.1, 0.15) is 24.8 Å². The quantitative estimate of drug-likeness (QED) is 0.609. The van der Waals surface area contributed by atoms with E-state index in [0.29, 0.717) is 13.2 Å². The molecule has 0 bridgehead atoms. The summed E-state index contributed by atoms with van der Waals surface area (Å²) in [6.07, 6.45) is 0.960. The standard InChI is InChI=1S/C21H22F2O4S/c1-2-11-21(12-10-20-26-13-14-27-20,18-15-16(22)8-9-19(18)23)28(24,25)17-6-4-3-5-7-17/h2-9,15,20H,1,10-14H2. The Balaban J connectivity index is 2.17. The first-order chi connectivity index (χ1) is 13.4. The van der Waals surface area contributed by atoms with E-state index in [1.807, 2.05) is 0 Å². The highest BCUT2D eigenvalue weighted by molar-refractivity contribution is 7.92. The van der Waals surface area contributed by atoms with E-state index in [1.165, 1.54) is 18.2 Å². The Kier molecular flexibility index (Phi) is 6.27. The van der Waals surface area contributed by atoms with Crippen LogP contribution in [0.2, 0.25) is 0 Å². The molecule has 28 heavy (non-hydrogen) atoms. The van der Waals surface area contributed by atoms with Crippen molar-refractivity contribution in [3.8, 4) is 0 Å². The first kappa shape index (κ1) is 20.6. The summed E-state index contributed by atoms with van der Waals surface area (Å²) < 4.78 is 65.3. The fraction of sp³-hybridized carbons (Fsp3) is 0.333. The molecule has 1 heterocycles. The minimum absolute atomic E-state index is 0.0126. The van der Waals surface area contributed by atoms with E-state index in [4.69, 9.17) is 9.47 Å². The van der Waals surface area contributed by atoms with E-state index >= 15 is 0 Å². The van der Waals surface area contributed by atoms with Crippen molar-refractivity contribution in [3.05, 3.63) is 78.4 Å². The molecule has 4 nitrogen and oxygen atoms in total. The van der Waals surface area contributed by atoms with Crippen LogP contribution in [-0.2, 0) is 24.1 Å². The van der Waals surface area contributed by atoms with Crippen molar-refractivity contribution >= 4 is 9.84 Å². The maximum Gasteiger partial charge on any atom is 0.188 e. The summed E-state index contributed by atoms with van der Waals surface area (Å²) in [4.78, 5) is 0.0359. The predicted molar refractivity (Wildman–Crippen MR) is 101 cm³/mol. The lowest BCUT2D eigenvalue weighted by atomic mass is 9.89. The van der Waals surface area contributed by atoms with Gasteiger partial charge in [0.05, 0.1) is 18.1 Å². The van der Waals surface area contributed by atoms with Gasteiger partial charge in [-0.25, -0.2) is 17.2 Å². The Hall–Kier alpha value is -2.09. The van der Waals surface area contributed by atoms with Gasteiger partial charge >= 0.3 is 0 Å². The zero-order chi connectivity index (χ0) is 20.2. The Bertz CT molecular complexity index is 925. The highest BCUT2D eigenvalue weighted by Crippen LogP contribution is 2.44. The lowest BCUT2D eigenvalue weighted by Gasteiger charge is -2.34. The van der Waals surface area contributed by atoms with Crippen molar-refractivity contribution in [2.75, 3.05) is 13.2 Å². The smallest absolute Gasteiger partial charge is 0.188 e. The van der Waals surface area contributed by atoms with Crippen LogP contribution < -0.4 is 0 Å². The third kappa shape index (κ3) is 3.87. The monoisotopic (exact) mass is 408 g/mol. The van der Waals surface area contributed by atoms with Gasteiger partial charge in [-0.15, -0.1) is 6.58 Å². The molecule has 1 unspecified atom stereocenters. The molecule has 0 aliphatic carbocycles. The average molecular weight is 408 g/mol. The van der Waals surface area contributed by atoms with Crippen LogP contribution in [-0.4, -0.2) is 27.9 Å². The molecule has 1 aliphatic heterocycles. The molecule has 0 aromatic heterocycles. The third-order valence-corrected chi connectivity index (χ3v) is 7.45. The molecule has 1 aliphatic rings. The third-order valence-electron chi connectivity index (χ3n) is 4.94. The highest BCUT2D eigenvalue weighted by atomic mass is 32.2. The Morgan fingerprint density at radius 3 is 2.43 bits per heavy atom. The van der Waals surface area contributed by atoms with Crippen LogP contribution in [0, 0.1) is 11.6 Å². The van der Waals surface area contributed by atoms with E-state index in [0.717, 1.165) is 18.2 Å². The van der Waals surface area contributed by atoms with Crippen LogP contribution in [0.4, 0.5) is 8.78 Å². The molecule has 1 fully saturated rings. The lowest BCUT2D eigenvalue weighted by molar-refractivity contribution is -0.0495. The van der Waals surface area contributed by atoms with Crippen molar-refractivity contribution < 1.29 is 26.7 Å². The van der Waals surface area contributed by atoms with Crippen LogP contribution in [0.25, 0.3) is 0 Å². The van der Waals surface area contributed by atoms with Gasteiger partial charge in [-0.1, -0.05) is 24.3 Å². The number of rotatable bonds is 8. The van der Waals surface area contributed by atoms with Crippen molar-refractivity contribution in [2.24, 2.45) is 0 Å². The first-order valence-electron chi connectivity index (χ1n) is 9.00. The van der Waals surface area contributed by atoms with Gasteiger partial charge in [0.1, 0.15) is 16.4 Å². The van der Waals surface area contributed by atoms with Gasteiger partial charge in [0.15, 0.2) is 16.1 Å². The highest BCUT2D eigenvalue weighted by Gasteiger charge is 2.47. The Morgan fingerprint density at radius 2 is 1.79 bits per heavy atom. The van der Waals surface area contributed by atoms with Gasteiger partial charge in [0.2, 0.25) is 0 Å². The topological polar surface area (TPSA) is 52.6 Å². The second-order valence-corrected chi connectivity index (χ2v) is 8.90. The number of allylic oxidation sites excluding steroid dienone is 1. The molecule has 7 heteroatoms. The average Bonchev–Trinajstić information content (AvgIpc) is 3.21. The molecule has 0 amide bonds. The van der Waals surface area contributed by atoms with Gasteiger partial charge in [-0.3, -0.25) is 0 Å². The molecular weight excluding hydrogens is 386 g/mol. The summed E-state index contributed by atoms with van der Waals surface area (Å²) in [5, 5.41) is 0. The summed E-state index contributed by atoms with van der Waals surface area (Å²) in [7, 11) is -4.10.